The van der Waals surface area contributed by atoms with Crippen LogP contribution in [0.4, 0.5) is 0 Å². The lowest BCUT2D eigenvalue weighted by molar-refractivity contribution is 0.431. The molecule has 1 aromatic heterocycles. The van der Waals surface area contributed by atoms with E-state index in [1.54, 1.807) is 11.3 Å². The van der Waals surface area contributed by atoms with Crippen LogP contribution in [0.3, 0.4) is 0 Å². The summed E-state index contributed by atoms with van der Waals surface area (Å²) in [6.07, 6.45) is 6.61. The molecule has 0 atom stereocenters. The SMILES string of the molecule is C=C(NCC1(c2ccc(Cl)cc2)CCCC1)c1csc(Cc2c(Cl)cccc2CC)n1.CC. The summed E-state index contributed by atoms with van der Waals surface area (Å²) < 4.78 is 0. The molecule has 176 valence electrons. The summed E-state index contributed by atoms with van der Waals surface area (Å²) in [4.78, 5) is 4.85. The third kappa shape index (κ3) is 6.20. The van der Waals surface area contributed by atoms with Crippen molar-refractivity contribution in [3.63, 3.8) is 0 Å². The third-order valence-corrected chi connectivity index (χ3v) is 7.90. The summed E-state index contributed by atoms with van der Waals surface area (Å²) >= 11 is 14.3. The van der Waals surface area contributed by atoms with Crippen LogP contribution in [0.25, 0.3) is 5.70 Å². The van der Waals surface area contributed by atoms with Gasteiger partial charge in [-0.25, -0.2) is 4.98 Å². The Hall–Kier alpha value is -1.81. The van der Waals surface area contributed by atoms with E-state index in [9.17, 15) is 0 Å². The first-order chi connectivity index (χ1) is 16.0. The number of hydrogen-bond acceptors (Lipinski definition) is 3. The zero-order valence-electron chi connectivity index (χ0n) is 19.9. The highest BCUT2D eigenvalue weighted by atomic mass is 35.5. The van der Waals surface area contributed by atoms with Crippen LogP contribution in [0.1, 0.15) is 73.8 Å². The molecule has 5 heteroatoms. The van der Waals surface area contributed by atoms with Crippen LogP contribution in [0.5, 0.6) is 0 Å². The molecule has 1 saturated carbocycles. The molecule has 0 bridgehead atoms. The summed E-state index contributed by atoms with van der Waals surface area (Å²) in [5.74, 6) is 0. The average molecular weight is 502 g/mol. The molecule has 0 radical (unpaired) electrons. The molecule has 0 aliphatic heterocycles. The van der Waals surface area contributed by atoms with Crippen molar-refractivity contribution in [2.24, 2.45) is 0 Å². The lowest BCUT2D eigenvalue weighted by atomic mass is 9.79. The van der Waals surface area contributed by atoms with Crippen molar-refractivity contribution in [2.75, 3.05) is 6.54 Å². The van der Waals surface area contributed by atoms with Crippen LogP contribution < -0.4 is 5.32 Å². The van der Waals surface area contributed by atoms with Gasteiger partial charge in [-0.3, -0.25) is 0 Å². The molecule has 0 unspecified atom stereocenters. The van der Waals surface area contributed by atoms with Crippen LogP contribution in [-0.4, -0.2) is 11.5 Å². The Kier molecular flexibility index (Phi) is 9.43. The first-order valence-corrected chi connectivity index (χ1v) is 13.5. The third-order valence-electron chi connectivity index (χ3n) is 6.44. The highest BCUT2D eigenvalue weighted by molar-refractivity contribution is 7.09. The lowest BCUT2D eigenvalue weighted by Gasteiger charge is -2.30. The average Bonchev–Trinajstić information content (AvgIpc) is 3.51. The molecule has 0 amide bonds. The number of halogens is 2. The number of thiazole rings is 1. The highest BCUT2D eigenvalue weighted by Crippen LogP contribution is 2.41. The van der Waals surface area contributed by atoms with Crippen LogP contribution in [-0.2, 0) is 18.3 Å². The summed E-state index contributed by atoms with van der Waals surface area (Å²) in [5.41, 5.74) is 5.78. The fourth-order valence-corrected chi connectivity index (χ4v) is 5.81. The van der Waals surface area contributed by atoms with E-state index in [4.69, 9.17) is 28.2 Å². The van der Waals surface area contributed by atoms with E-state index in [1.165, 1.54) is 42.4 Å². The molecule has 0 spiro atoms. The van der Waals surface area contributed by atoms with Gasteiger partial charge in [-0.15, -0.1) is 11.3 Å². The summed E-state index contributed by atoms with van der Waals surface area (Å²) in [6.45, 7) is 11.3. The molecule has 0 saturated heterocycles. The summed E-state index contributed by atoms with van der Waals surface area (Å²) in [7, 11) is 0. The maximum Gasteiger partial charge on any atom is 0.0977 e. The molecule has 1 aliphatic rings. The second-order valence-corrected chi connectivity index (χ2v) is 10.1. The minimum atomic E-state index is 0.139. The van der Waals surface area contributed by atoms with Gasteiger partial charge in [-0.2, -0.15) is 0 Å². The second kappa shape index (κ2) is 12.1. The van der Waals surface area contributed by atoms with E-state index in [-0.39, 0.29) is 5.41 Å². The van der Waals surface area contributed by atoms with Crippen molar-refractivity contribution in [3.05, 3.63) is 91.9 Å². The highest BCUT2D eigenvalue weighted by Gasteiger charge is 2.35. The maximum absolute atomic E-state index is 6.47. The van der Waals surface area contributed by atoms with Gasteiger partial charge in [0.25, 0.3) is 0 Å². The van der Waals surface area contributed by atoms with Crippen molar-refractivity contribution in [2.45, 2.75) is 64.7 Å². The van der Waals surface area contributed by atoms with E-state index in [0.717, 1.165) is 45.8 Å². The fourth-order valence-electron chi connectivity index (χ4n) is 4.60. The number of aryl methyl sites for hydroxylation is 1. The van der Waals surface area contributed by atoms with Gasteiger partial charge in [-0.1, -0.05) is 87.7 Å². The smallest absolute Gasteiger partial charge is 0.0977 e. The predicted octanol–water partition coefficient (Wildman–Crippen LogP) is 8.70. The zero-order valence-corrected chi connectivity index (χ0v) is 22.2. The number of benzene rings is 2. The van der Waals surface area contributed by atoms with E-state index in [0.29, 0.717) is 0 Å². The zero-order chi connectivity index (χ0) is 23.8. The Bertz CT molecular complexity index is 1050. The van der Waals surface area contributed by atoms with Gasteiger partial charge in [0.15, 0.2) is 0 Å². The lowest BCUT2D eigenvalue weighted by Crippen LogP contribution is -2.35. The van der Waals surface area contributed by atoms with Crippen molar-refractivity contribution in [1.29, 1.82) is 0 Å². The van der Waals surface area contributed by atoms with Gasteiger partial charge in [0.2, 0.25) is 0 Å². The van der Waals surface area contributed by atoms with Gasteiger partial charge in [0.1, 0.15) is 0 Å². The summed E-state index contributed by atoms with van der Waals surface area (Å²) in [5, 5.41) is 8.36. The van der Waals surface area contributed by atoms with Crippen LogP contribution >= 0.6 is 34.5 Å². The van der Waals surface area contributed by atoms with E-state index < -0.39 is 0 Å². The normalized spacial score (nSPS) is 14.5. The van der Waals surface area contributed by atoms with Crippen molar-refractivity contribution >= 4 is 40.2 Å². The summed E-state index contributed by atoms with van der Waals surface area (Å²) in [6, 6.07) is 14.5. The number of aromatic nitrogens is 1. The molecule has 2 aromatic carbocycles. The number of nitrogens with zero attached hydrogens (tertiary/aromatic N) is 1. The largest absolute Gasteiger partial charge is 0.383 e. The Labute approximate surface area is 213 Å². The van der Waals surface area contributed by atoms with E-state index >= 15 is 0 Å². The molecular formula is C28H34Cl2N2S. The van der Waals surface area contributed by atoms with Gasteiger partial charge < -0.3 is 5.32 Å². The van der Waals surface area contributed by atoms with Crippen molar-refractivity contribution in [3.8, 4) is 0 Å². The molecule has 1 heterocycles. The Morgan fingerprint density at radius 3 is 2.45 bits per heavy atom. The van der Waals surface area contributed by atoms with E-state index in [1.807, 2.05) is 38.1 Å². The van der Waals surface area contributed by atoms with Crippen LogP contribution in [0.15, 0.2) is 54.4 Å². The van der Waals surface area contributed by atoms with Gasteiger partial charge in [0, 0.05) is 33.8 Å². The van der Waals surface area contributed by atoms with E-state index in [2.05, 4.69) is 42.4 Å². The number of nitrogens with one attached hydrogen (secondary N) is 1. The monoisotopic (exact) mass is 500 g/mol. The minimum Gasteiger partial charge on any atom is -0.383 e. The topological polar surface area (TPSA) is 24.9 Å². The van der Waals surface area contributed by atoms with Gasteiger partial charge >= 0.3 is 0 Å². The maximum atomic E-state index is 6.47. The fraction of sp³-hybridized carbons (Fsp3) is 0.393. The first-order valence-electron chi connectivity index (χ1n) is 11.9. The molecule has 4 rings (SSSR count). The standard InChI is InChI=1S/C26H28Cl2N2S.C2H6/c1-3-19-7-6-8-23(28)22(19)15-25-30-24(16-31-25)18(2)29-17-26(13-4-5-14-26)20-9-11-21(27)12-10-20;1-2/h6-12,16,29H,2-5,13-15,17H2,1H3;1-2H3. The van der Waals surface area contributed by atoms with Crippen molar-refractivity contribution in [1.82, 2.24) is 10.3 Å². The van der Waals surface area contributed by atoms with Gasteiger partial charge in [0.05, 0.1) is 16.4 Å². The molecule has 33 heavy (non-hydrogen) atoms. The predicted molar refractivity (Wildman–Crippen MR) is 146 cm³/mol. The van der Waals surface area contributed by atoms with Crippen LogP contribution in [0.2, 0.25) is 10.0 Å². The molecule has 2 nitrogen and oxygen atoms in total. The molecule has 1 fully saturated rings. The van der Waals surface area contributed by atoms with Crippen LogP contribution in [0, 0.1) is 0 Å². The molecule has 1 aliphatic carbocycles. The number of rotatable bonds is 8. The Morgan fingerprint density at radius 1 is 1.09 bits per heavy atom. The second-order valence-electron chi connectivity index (χ2n) is 8.36. The quantitative estimate of drug-likeness (QED) is 0.334. The molecule has 3 aromatic rings. The Morgan fingerprint density at radius 2 is 1.79 bits per heavy atom. The molecule has 1 N–H and O–H groups in total. The minimum absolute atomic E-state index is 0.139. The molecular weight excluding hydrogens is 467 g/mol. The Balaban J connectivity index is 0.00000149. The van der Waals surface area contributed by atoms with Gasteiger partial charge in [-0.05, 0) is 54.2 Å². The first kappa shape index (κ1) is 25.8. The van der Waals surface area contributed by atoms with Crippen molar-refractivity contribution < 1.29 is 0 Å². The number of hydrogen-bond donors (Lipinski definition) is 1.